The minimum atomic E-state index is -1.13. The van der Waals surface area contributed by atoms with Gasteiger partial charge in [-0.1, -0.05) is 140 Å². The van der Waals surface area contributed by atoms with Crippen LogP contribution in [0.4, 0.5) is 0 Å². The van der Waals surface area contributed by atoms with Gasteiger partial charge in [0, 0.05) is 19.3 Å². The van der Waals surface area contributed by atoms with E-state index in [4.69, 9.17) is 14.2 Å². The van der Waals surface area contributed by atoms with Crippen molar-refractivity contribution in [3.8, 4) is 0 Å². The fourth-order valence-corrected chi connectivity index (χ4v) is 6.34. The number of esters is 2. The lowest BCUT2D eigenvalue weighted by Crippen LogP contribution is -2.55. The van der Waals surface area contributed by atoms with Crippen LogP contribution in [0.25, 0.3) is 0 Å². The van der Waals surface area contributed by atoms with Crippen molar-refractivity contribution >= 4 is 17.9 Å². The van der Waals surface area contributed by atoms with E-state index in [0.717, 1.165) is 51.4 Å². The van der Waals surface area contributed by atoms with Crippen LogP contribution in [0.2, 0.25) is 0 Å². The Labute approximate surface area is 332 Å². The molecule has 0 rings (SSSR count). The molecule has 2 atom stereocenters. The summed E-state index contributed by atoms with van der Waals surface area (Å²) in [5.74, 6) is -1.79. The number of hydrogen-bond donors (Lipinski definition) is 0. The zero-order valence-corrected chi connectivity index (χ0v) is 35.6. The molecule has 0 saturated carbocycles. The van der Waals surface area contributed by atoms with Gasteiger partial charge in [-0.05, 0) is 64.2 Å². The van der Waals surface area contributed by atoms with Gasteiger partial charge in [-0.15, -0.1) is 0 Å². The molecule has 54 heavy (non-hydrogen) atoms. The maximum Gasteiger partial charge on any atom is 0.306 e. The standard InChI is InChI=1S/C46H83NO7/c1-6-8-10-12-14-16-17-18-19-20-21-22-23-24-25-26-27-29-31-33-35-37-45(49)54-42(40-52-39-38-43(46(50)51)47(3,4)5)41-53-44(48)36-34-32-30-28-15-13-11-9-7-2/h9,11,15,22-23,28,42-43H,6-8,10,12-14,16-21,24-27,29-41H2,1-5H3/b11-9+,23-22+,28-15+. The van der Waals surface area contributed by atoms with Crippen LogP contribution in [0, 0.1) is 0 Å². The Morgan fingerprint density at radius 2 is 1.04 bits per heavy atom. The highest BCUT2D eigenvalue weighted by atomic mass is 16.6. The molecule has 0 saturated heterocycles. The van der Waals surface area contributed by atoms with Crippen LogP contribution in [0.1, 0.15) is 187 Å². The number of carbonyl (C=O) groups excluding carboxylic acids is 3. The first-order valence-electron chi connectivity index (χ1n) is 22.0. The number of hydrogen-bond acceptors (Lipinski definition) is 7. The first kappa shape index (κ1) is 51.5. The van der Waals surface area contributed by atoms with Crippen LogP contribution in [0.5, 0.6) is 0 Å². The molecule has 314 valence electrons. The number of nitrogens with zero attached hydrogens (tertiary/aromatic N) is 1. The summed E-state index contributed by atoms with van der Waals surface area (Å²) >= 11 is 0. The number of allylic oxidation sites excluding steroid dienone is 6. The number of carboxylic acids is 1. The Balaban J connectivity index is 4.25. The molecule has 0 radical (unpaired) electrons. The van der Waals surface area contributed by atoms with E-state index in [1.54, 1.807) is 21.1 Å². The summed E-state index contributed by atoms with van der Waals surface area (Å²) in [6, 6.07) is -0.729. The fourth-order valence-electron chi connectivity index (χ4n) is 6.34. The molecule has 0 aromatic heterocycles. The summed E-state index contributed by atoms with van der Waals surface area (Å²) < 4.78 is 17.1. The van der Waals surface area contributed by atoms with Gasteiger partial charge < -0.3 is 28.6 Å². The smallest absolute Gasteiger partial charge is 0.306 e. The van der Waals surface area contributed by atoms with E-state index in [0.29, 0.717) is 12.8 Å². The first-order valence-corrected chi connectivity index (χ1v) is 22.0. The number of unbranched alkanes of at least 4 members (excludes halogenated alkanes) is 19. The molecule has 0 aromatic carbocycles. The van der Waals surface area contributed by atoms with Gasteiger partial charge in [-0.2, -0.15) is 0 Å². The number of quaternary nitrogens is 1. The highest BCUT2D eigenvalue weighted by Gasteiger charge is 2.25. The number of carboxylic acid groups (broad SMARTS) is 1. The maximum absolute atomic E-state index is 12.7. The van der Waals surface area contributed by atoms with Crippen molar-refractivity contribution in [1.82, 2.24) is 0 Å². The molecule has 0 spiro atoms. The molecule has 0 fully saturated rings. The molecule has 0 amide bonds. The fraction of sp³-hybridized carbons (Fsp3) is 0.804. The molecule has 8 nitrogen and oxygen atoms in total. The Bertz CT molecular complexity index is 984. The predicted octanol–water partition coefficient (Wildman–Crippen LogP) is 10.5. The van der Waals surface area contributed by atoms with E-state index in [1.165, 1.54) is 103 Å². The summed E-state index contributed by atoms with van der Waals surface area (Å²) in [4.78, 5) is 36.7. The van der Waals surface area contributed by atoms with Gasteiger partial charge in [0.15, 0.2) is 6.10 Å². The predicted molar refractivity (Wildman–Crippen MR) is 222 cm³/mol. The van der Waals surface area contributed by atoms with Gasteiger partial charge in [0.1, 0.15) is 12.6 Å². The van der Waals surface area contributed by atoms with E-state index >= 15 is 0 Å². The van der Waals surface area contributed by atoms with Crippen LogP contribution in [-0.2, 0) is 28.6 Å². The van der Waals surface area contributed by atoms with Crippen LogP contribution in [0.3, 0.4) is 0 Å². The Morgan fingerprint density at radius 1 is 0.574 bits per heavy atom. The highest BCUT2D eigenvalue weighted by Crippen LogP contribution is 2.14. The van der Waals surface area contributed by atoms with E-state index < -0.39 is 18.1 Å². The highest BCUT2D eigenvalue weighted by molar-refractivity contribution is 5.70. The molecule has 0 aliphatic heterocycles. The van der Waals surface area contributed by atoms with Gasteiger partial charge in [-0.3, -0.25) is 9.59 Å². The normalized spacial score (nSPS) is 13.3. The lowest BCUT2D eigenvalue weighted by molar-refractivity contribution is -0.889. The topological polar surface area (TPSA) is 102 Å². The van der Waals surface area contributed by atoms with Gasteiger partial charge in [0.25, 0.3) is 0 Å². The number of aliphatic carboxylic acids is 1. The van der Waals surface area contributed by atoms with Crippen molar-refractivity contribution in [2.24, 2.45) is 0 Å². The van der Waals surface area contributed by atoms with Gasteiger partial charge in [0.2, 0.25) is 0 Å². The molecular weight excluding hydrogens is 679 g/mol. The van der Waals surface area contributed by atoms with Gasteiger partial charge in [-0.25, -0.2) is 0 Å². The summed E-state index contributed by atoms with van der Waals surface area (Å²) in [5, 5.41) is 11.6. The average molecular weight is 762 g/mol. The van der Waals surface area contributed by atoms with Crippen LogP contribution < -0.4 is 5.11 Å². The van der Waals surface area contributed by atoms with Crippen molar-refractivity contribution in [2.75, 3.05) is 41.0 Å². The van der Waals surface area contributed by atoms with E-state index in [-0.39, 0.29) is 42.7 Å². The van der Waals surface area contributed by atoms with E-state index in [2.05, 4.69) is 50.3 Å². The molecule has 2 unspecified atom stereocenters. The van der Waals surface area contributed by atoms with Crippen molar-refractivity contribution in [3.63, 3.8) is 0 Å². The Morgan fingerprint density at radius 3 is 1.57 bits per heavy atom. The second-order valence-corrected chi connectivity index (χ2v) is 15.9. The monoisotopic (exact) mass is 762 g/mol. The maximum atomic E-state index is 12.7. The molecule has 0 aromatic rings. The molecule has 0 aliphatic rings. The number of rotatable bonds is 39. The van der Waals surface area contributed by atoms with Crippen LogP contribution in [-0.4, -0.2) is 75.5 Å². The summed E-state index contributed by atoms with van der Waals surface area (Å²) in [7, 11) is 5.39. The van der Waals surface area contributed by atoms with Crippen molar-refractivity contribution in [2.45, 2.75) is 199 Å². The Kier molecular flexibility index (Phi) is 35.8. The summed E-state index contributed by atoms with van der Waals surface area (Å²) in [5.41, 5.74) is 0. The summed E-state index contributed by atoms with van der Waals surface area (Å²) in [6.07, 6.45) is 41.9. The zero-order chi connectivity index (χ0) is 40.0. The number of carbonyl (C=O) groups is 3. The molecule has 0 aliphatic carbocycles. The second kappa shape index (κ2) is 37.5. The largest absolute Gasteiger partial charge is 0.544 e. The molecular formula is C46H83NO7. The van der Waals surface area contributed by atoms with E-state index in [9.17, 15) is 19.5 Å². The molecule has 0 bridgehead atoms. The van der Waals surface area contributed by atoms with Crippen LogP contribution in [0.15, 0.2) is 36.5 Å². The van der Waals surface area contributed by atoms with Crippen LogP contribution >= 0.6 is 0 Å². The van der Waals surface area contributed by atoms with Crippen molar-refractivity contribution < 1.29 is 38.2 Å². The Hall–Kier alpha value is -2.45. The number of likely N-dealkylation sites (N-methyl/N-ethyl adjacent to an activating group) is 1. The van der Waals surface area contributed by atoms with Crippen molar-refractivity contribution in [1.29, 1.82) is 0 Å². The summed E-state index contributed by atoms with van der Waals surface area (Å²) in [6.45, 7) is 4.50. The van der Waals surface area contributed by atoms with Gasteiger partial charge >= 0.3 is 11.9 Å². The first-order chi connectivity index (χ1) is 26.1. The second-order valence-electron chi connectivity index (χ2n) is 15.9. The lowest BCUT2D eigenvalue weighted by Gasteiger charge is -2.34. The van der Waals surface area contributed by atoms with Crippen molar-refractivity contribution in [3.05, 3.63) is 36.5 Å². The zero-order valence-electron chi connectivity index (χ0n) is 35.6. The van der Waals surface area contributed by atoms with E-state index in [1.807, 2.05) is 0 Å². The minimum Gasteiger partial charge on any atom is -0.544 e. The SMILES string of the molecule is CC/C=C/C/C=C/CCCCC(=O)OCC(COCCC(C(=O)[O-])[N+](C)(C)C)OC(=O)CCCCCCCCC/C=C/CCCCCCCCCCCC. The molecule has 0 N–H and O–H groups in total. The quantitative estimate of drug-likeness (QED) is 0.0266. The van der Waals surface area contributed by atoms with Gasteiger partial charge in [0.05, 0.1) is 40.3 Å². The third-order valence-corrected chi connectivity index (χ3v) is 9.76. The molecule has 8 heteroatoms. The third kappa shape index (κ3) is 35.3. The molecule has 0 heterocycles. The minimum absolute atomic E-state index is 0.0295. The third-order valence-electron chi connectivity index (χ3n) is 9.76. The lowest BCUT2D eigenvalue weighted by atomic mass is 10.1. The average Bonchev–Trinajstić information content (AvgIpc) is 3.12. The number of ether oxygens (including phenoxy) is 3.